The first-order chi connectivity index (χ1) is 15.2. The van der Waals surface area contributed by atoms with Gasteiger partial charge in [-0.1, -0.05) is 12.1 Å². The van der Waals surface area contributed by atoms with Crippen LogP contribution in [-0.2, 0) is 25.5 Å². The van der Waals surface area contributed by atoms with E-state index in [4.69, 9.17) is 9.84 Å². The first-order valence-electron chi connectivity index (χ1n) is 10.4. The molecule has 0 radical (unpaired) electrons. The Labute approximate surface area is 200 Å². The maximum absolute atomic E-state index is 11.5. The molecule has 1 aromatic rings. The Morgan fingerprint density at radius 3 is 2.03 bits per heavy atom. The summed E-state index contributed by atoms with van der Waals surface area (Å²) in [5.41, 5.74) is 1.03. The second-order valence-corrected chi connectivity index (χ2v) is 9.01. The van der Waals surface area contributed by atoms with Crippen LogP contribution in [0.25, 0.3) is 0 Å². The van der Waals surface area contributed by atoms with Gasteiger partial charge in [0, 0.05) is 42.3 Å². The monoisotopic (exact) mass is 563 g/mol. The lowest BCUT2D eigenvalue weighted by Gasteiger charge is -2.36. The van der Waals surface area contributed by atoms with Gasteiger partial charge in [-0.2, -0.15) is 0 Å². The van der Waals surface area contributed by atoms with Crippen LogP contribution in [0.5, 0.6) is 0 Å². The number of carbonyl (C=O) groups is 3. The van der Waals surface area contributed by atoms with Crippen LogP contribution >= 0.6 is 22.6 Å². The van der Waals surface area contributed by atoms with E-state index in [2.05, 4.69) is 22.6 Å². The molecule has 10 nitrogen and oxygen atoms in total. The average molecular weight is 563 g/mol. The quantitative estimate of drug-likeness (QED) is 0.382. The van der Waals surface area contributed by atoms with Crippen LogP contribution in [0, 0.1) is 3.57 Å². The standard InChI is InChI=1S/C21H30IN3O7/c22-17-3-1-16(2-4-17)11-18-12-24(14-20(28)29)6-5-23(13-19(26)27)7-9-32-10-8-25(18)15-21(30)31/h1-4,18H,5-15H2,(H,26,27)(H,28,29)(H,30,31)/t18-/m0/s1. The number of benzene rings is 1. The van der Waals surface area contributed by atoms with E-state index in [-0.39, 0.29) is 25.7 Å². The van der Waals surface area contributed by atoms with Crippen molar-refractivity contribution in [3.63, 3.8) is 0 Å². The molecule has 32 heavy (non-hydrogen) atoms. The minimum atomic E-state index is -0.983. The number of hydrogen-bond donors (Lipinski definition) is 3. The number of hydrogen-bond acceptors (Lipinski definition) is 7. The molecule has 0 unspecified atom stereocenters. The number of carboxylic acids is 3. The second kappa shape index (κ2) is 13.7. The van der Waals surface area contributed by atoms with E-state index < -0.39 is 17.9 Å². The molecule has 0 amide bonds. The van der Waals surface area contributed by atoms with Crippen molar-refractivity contribution in [2.24, 2.45) is 0 Å². The second-order valence-electron chi connectivity index (χ2n) is 7.76. The van der Waals surface area contributed by atoms with Crippen molar-refractivity contribution in [2.45, 2.75) is 12.5 Å². The number of carboxylic acid groups (broad SMARTS) is 3. The molecule has 1 aliphatic heterocycles. The summed E-state index contributed by atoms with van der Waals surface area (Å²) in [6.45, 7) is 1.92. The Hall–Kier alpha value is -1.80. The van der Waals surface area contributed by atoms with Gasteiger partial charge in [0.15, 0.2) is 0 Å². The largest absolute Gasteiger partial charge is 0.480 e. The fourth-order valence-corrected chi connectivity index (χ4v) is 4.07. The number of rotatable bonds is 8. The SMILES string of the molecule is O=C(O)CN1CCOCCN(CC(=O)O)[C@@H](Cc2ccc(I)cc2)CN(CC(=O)O)CC1. The fourth-order valence-electron chi connectivity index (χ4n) is 3.71. The van der Waals surface area contributed by atoms with Crippen LogP contribution in [0.1, 0.15) is 5.56 Å². The number of aliphatic carboxylic acids is 3. The highest BCUT2D eigenvalue weighted by molar-refractivity contribution is 14.1. The van der Waals surface area contributed by atoms with Crippen LogP contribution in [-0.4, -0.2) is 120 Å². The highest BCUT2D eigenvalue weighted by Crippen LogP contribution is 2.14. The normalized spacial score (nSPS) is 20.2. The molecule has 1 aromatic carbocycles. The van der Waals surface area contributed by atoms with Gasteiger partial charge in [-0.3, -0.25) is 29.1 Å². The Morgan fingerprint density at radius 1 is 0.844 bits per heavy atom. The molecule has 178 valence electrons. The molecule has 3 N–H and O–H groups in total. The third-order valence-electron chi connectivity index (χ3n) is 5.23. The van der Waals surface area contributed by atoms with Crippen molar-refractivity contribution in [1.29, 1.82) is 0 Å². The summed E-state index contributed by atoms with van der Waals surface area (Å²) >= 11 is 2.22. The molecular weight excluding hydrogens is 533 g/mol. The zero-order valence-corrected chi connectivity index (χ0v) is 20.0. The summed E-state index contributed by atoms with van der Waals surface area (Å²) < 4.78 is 6.75. The van der Waals surface area contributed by atoms with Gasteiger partial charge >= 0.3 is 17.9 Å². The van der Waals surface area contributed by atoms with E-state index in [9.17, 15) is 24.6 Å². The van der Waals surface area contributed by atoms with Crippen molar-refractivity contribution in [3.05, 3.63) is 33.4 Å². The van der Waals surface area contributed by atoms with Crippen molar-refractivity contribution in [2.75, 3.05) is 65.6 Å². The van der Waals surface area contributed by atoms with Gasteiger partial charge in [0.1, 0.15) is 0 Å². The minimum absolute atomic E-state index is 0.151. The molecule has 1 aliphatic rings. The van der Waals surface area contributed by atoms with E-state index >= 15 is 0 Å². The van der Waals surface area contributed by atoms with Gasteiger partial charge < -0.3 is 20.1 Å². The van der Waals surface area contributed by atoms with E-state index in [1.807, 2.05) is 29.2 Å². The van der Waals surface area contributed by atoms with Gasteiger partial charge in [-0.25, -0.2) is 0 Å². The number of nitrogens with zero attached hydrogens (tertiary/aromatic N) is 3. The van der Waals surface area contributed by atoms with Gasteiger partial charge in [0.2, 0.25) is 0 Å². The topological polar surface area (TPSA) is 131 Å². The van der Waals surface area contributed by atoms with Crippen LogP contribution in [0.4, 0.5) is 0 Å². The molecule has 0 aromatic heterocycles. The molecule has 1 atom stereocenters. The third kappa shape index (κ3) is 10.2. The minimum Gasteiger partial charge on any atom is -0.480 e. The Morgan fingerprint density at radius 2 is 1.41 bits per heavy atom. The summed E-state index contributed by atoms with van der Waals surface area (Å²) in [5.74, 6) is -2.89. The maximum atomic E-state index is 11.5. The summed E-state index contributed by atoms with van der Waals surface area (Å²) in [6, 6.07) is 7.69. The molecule has 0 bridgehead atoms. The molecule has 11 heteroatoms. The molecule has 1 heterocycles. The molecular formula is C21H30IN3O7. The summed E-state index contributed by atoms with van der Waals surface area (Å²) in [6.07, 6.45) is 0.555. The number of halogens is 1. The van der Waals surface area contributed by atoms with E-state index in [1.165, 1.54) is 0 Å². The molecule has 0 spiro atoms. The third-order valence-corrected chi connectivity index (χ3v) is 5.95. The highest BCUT2D eigenvalue weighted by Gasteiger charge is 2.26. The van der Waals surface area contributed by atoms with E-state index in [1.54, 1.807) is 9.80 Å². The van der Waals surface area contributed by atoms with Crippen molar-refractivity contribution in [1.82, 2.24) is 14.7 Å². The highest BCUT2D eigenvalue weighted by atomic mass is 127. The van der Waals surface area contributed by atoms with Crippen LogP contribution in [0.15, 0.2) is 24.3 Å². The Kier molecular flexibility index (Phi) is 11.3. The van der Waals surface area contributed by atoms with Crippen molar-refractivity contribution in [3.8, 4) is 0 Å². The predicted octanol–water partition coefficient (Wildman–Crippen LogP) is 0.392. The zero-order chi connectivity index (χ0) is 23.5. The van der Waals surface area contributed by atoms with Crippen LogP contribution in [0.2, 0.25) is 0 Å². The zero-order valence-electron chi connectivity index (χ0n) is 17.9. The predicted molar refractivity (Wildman–Crippen MR) is 125 cm³/mol. The molecule has 2 rings (SSSR count). The van der Waals surface area contributed by atoms with Crippen LogP contribution in [0.3, 0.4) is 0 Å². The van der Waals surface area contributed by atoms with E-state index in [0.717, 1.165) is 9.13 Å². The summed E-state index contributed by atoms with van der Waals surface area (Å²) in [5, 5.41) is 28.0. The van der Waals surface area contributed by atoms with Crippen LogP contribution < -0.4 is 0 Å². The van der Waals surface area contributed by atoms with Crippen molar-refractivity contribution >= 4 is 40.5 Å². The molecule has 1 fully saturated rings. The van der Waals surface area contributed by atoms with Gasteiger partial charge in [0.25, 0.3) is 0 Å². The number of ether oxygens (including phenoxy) is 1. The smallest absolute Gasteiger partial charge is 0.317 e. The fraction of sp³-hybridized carbons (Fsp3) is 0.571. The summed E-state index contributed by atoms with van der Waals surface area (Å²) in [4.78, 5) is 39.5. The summed E-state index contributed by atoms with van der Waals surface area (Å²) in [7, 11) is 0. The maximum Gasteiger partial charge on any atom is 0.317 e. The first kappa shape index (κ1) is 26.5. The van der Waals surface area contributed by atoms with E-state index in [0.29, 0.717) is 52.4 Å². The lowest BCUT2D eigenvalue weighted by atomic mass is 10.0. The first-order valence-corrected chi connectivity index (χ1v) is 11.5. The Bertz CT molecular complexity index is 762. The molecule has 1 saturated heterocycles. The Balaban J connectivity index is 2.26. The average Bonchev–Trinajstić information content (AvgIpc) is 2.69. The lowest BCUT2D eigenvalue weighted by molar-refractivity contribution is -0.141. The van der Waals surface area contributed by atoms with Gasteiger partial charge in [-0.05, 0) is 46.7 Å². The van der Waals surface area contributed by atoms with Gasteiger partial charge in [-0.15, -0.1) is 0 Å². The molecule has 0 saturated carbocycles. The van der Waals surface area contributed by atoms with Gasteiger partial charge in [0.05, 0.1) is 32.8 Å². The lowest BCUT2D eigenvalue weighted by Crippen LogP contribution is -2.51. The van der Waals surface area contributed by atoms with Crippen molar-refractivity contribution < 1.29 is 34.4 Å². The molecule has 0 aliphatic carbocycles.